The van der Waals surface area contributed by atoms with Gasteiger partial charge in [-0.2, -0.15) is 0 Å². The summed E-state index contributed by atoms with van der Waals surface area (Å²) in [6, 6.07) is 1.82. The summed E-state index contributed by atoms with van der Waals surface area (Å²) < 4.78 is 4.81. The summed E-state index contributed by atoms with van der Waals surface area (Å²) in [6.07, 6.45) is 7.25. The van der Waals surface area contributed by atoms with Crippen LogP contribution in [0.1, 0.15) is 43.0 Å². The molecule has 0 saturated heterocycles. The van der Waals surface area contributed by atoms with Gasteiger partial charge in [-0.3, -0.25) is 9.59 Å². The Labute approximate surface area is 112 Å². The normalized spacial score (nSPS) is 22.8. The van der Waals surface area contributed by atoms with Gasteiger partial charge >= 0.3 is 0 Å². The average molecular weight is 264 g/mol. The lowest BCUT2D eigenvalue weighted by atomic mass is 9.87. The zero-order valence-corrected chi connectivity index (χ0v) is 11.1. The molecule has 1 aromatic heterocycles. The Morgan fingerprint density at radius 3 is 2.95 bits per heavy atom. The number of carbonyl (C=O) groups excluding carboxylic acids is 2. The van der Waals surface area contributed by atoms with Crippen molar-refractivity contribution in [3.05, 3.63) is 24.2 Å². The van der Waals surface area contributed by atoms with Gasteiger partial charge in [0.15, 0.2) is 0 Å². The smallest absolute Gasteiger partial charge is 0.254 e. The maximum atomic E-state index is 11.7. The van der Waals surface area contributed by atoms with Crippen molar-refractivity contribution >= 4 is 11.8 Å². The average Bonchev–Trinajstić information content (AvgIpc) is 2.90. The molecule has 1 fully saturated rings. The van der Waals surface area contributed by atoms with Crippen LogP contribution in [0.4, 0.5) is 0 Å². The van der Waals surface area contributed by atoms with E-state index in [0.717, 1.165) is 19.3 Å². The molecule has 2 rings (SSSR count). The first-order chi connectivity index (χ1) is 9.15. The van der Waals surface area contributed by atoms with Gasteiger partial charge in [-0.25, -0.2) is 0 Å². The predicted octanol–water partition coefficient (Wildman–Crippen LogP) is 1.70. The Morgan fingerprint density at radius 1 is 1.42 bits per heavy atom. The molecule has 5 nitrogen and oxygen atoms in total. The third-order valence-electron chi connectivity index (χ3n) is 3.49. The van der Waals surface area contributed by atoms with Crippen LogP contribution >= 0.6 is 0 Å². The number of nitrogens with one attached hydrogen (secondary N) is 2. The van der Waals surface area contributed by atoms with E-state index in [-0.39, 0.29) is 24.4 Å². The van der Waals surface area contributed by atoms with Crippen molar-refractivity contribution in [1.29, 1.82) is 0 Å². The van der Waals surface area contributed by atoms with Gasteiger partial charge in [-0.05, 0) is 24.8 Å². The fourth-order valence-electron chi connectivity index (χ4n) is 2.50. The number of hydrogen-bond donors (Lipinski definition) is 2. The molecule has 5 heteroatoms. The quantitative estimate of drug-likeness (QED) is 0.869. The van der Waals surface area contributed by atoms with Crippen molar-refractivity contribution < 1.29 is 14.0 Å². The van der Waals surface area contributed by atoms with E-state index in [1.807, 2.05) is 0 Å². The van der Waals surface area contributed by atoms with E-state index in [1.165, 1.54) is 18.9 Å². The summed E-state index contributed by atoms with van der Waals surface area (Å²) in [5.41, 5.74) is 0.430. The summed E-state index contributed by atoms with van der Waals surface area (Å²) >= 11 is 0. The molecule has 0 spiro atoms. The molecular weight excluding hydrogens is 244 g/mol. The van der Waals surface area contributed by atoms with Crippen molar-refractivity contribution in [3.8, 4) is 0 Å². The molecule has 1 aromatic rings. The van der Waals surface area contributed by atoms with Gasteiger partial charge in [-0.15, -0.1) is 0 Å². The molecule has 0 aromatic carbocycles. The molecule has 0 unspecified atom stereocenters. The maximum absolute atomic E-state index is 11.7. The second-order valence-corrected chi connectivity index (χ2v) is 5.23. The minimum absolute atomic E-state index is 0.00882. The standard InChI is InChI=1S/C14H20N2O3/c1-10-3-2-4-12(7-10)16-13(17)8-15-14(18)11-5-6-19-9-11/h5-6,9-10,12H,2-4,7-8H2,1H3,(H,15,18)(H,16,17)/t10-,12-/m0/s1. The monoisotopic (exact) mass is 264 g/mol. The Hall–Kier alpha value is -1.78. The minimum Gasteiger partial charge on any atom is -0.472 e. The van der Waals surface area contributed by atoms with E-state index in [0.29, 0.717) is 11.5 Å². The van der Waals surface area contributed by atoms with Crippen LogP contribution in [0.15, 0.2) is 23.0 Å². The molecule has 2 amide bonds. The van der Waals surface area contributed by atoms with E-state index < -0.39 is 0 Å². The number of amides is 2. The highest BCUT2D eigenvalue weighted by atomic mass is 16.3. The summed E-state index contributed by atoms with van der Waals surface area (Å²) in [7, 11) is 0. The molecule has 19 heavy (non-hydrogen) atoms. The highest BCUT2D eigenvalue weighted by Crippen LogP contribution is 2.23. The van der Waals surface area contributed by atoms with Gasteiger partial charge < -0.3 is 15.1 Å². The highest BCUT2D eigenvalue weighted by Gasteiger charge is 2.20. The second-order valence-electron chi connectivity index (χ2n) is 5.23. The van der Waals surface area contributed by atoms with Crippen LogP contribution in [0, 0.1) is 5.92 Å². The van der Waals surface area contributed by atoms with Crippen molar-refractivity contribution in [2.75, 3.05) is 6.54 Å². The lowest BCUT2D eigenvalue weighted by Crippen LogP contribution is -2.43. The molecule has 104 valence electrons. The lowest BCUT2D eigenvalue weighted by Gasteiger charge is -2.27. The first-order valence-electron chi connectivity index (χ1n) is 6.75. The number of rotatable bonds is 4. The Morgan fingerprint density at radius 2 is 2.26 bits per heavy atom. The van der Waals surface area contributed by atoms with Crippen molar-refractivity contribution in [1.82, 2.24) is 10.6 Å². The summed E-state index contributed by atoms with van der Waals surface area (Å²) in [4.78, 5) is 23.3. The second kappa shape index (κ2) is 6.41. The minimum atomic E-state index is -0.291. The van der Waals surface area contributed by atoms with Crippen molar-refractivity contribution in [2.45, 2.75) is 38.6 Å². The van der Waals surface area contributed by atoms with Gasteiger partial charge in [0, 0.05) is 6.04 Å². The lowest BCUT2D eigenvalue weighted by molar-refractivity contribution is -0.121. The fraction of sp³-hybridized carbons (Fsp3) is 0.571. The van der Waals surface area contributed by atoms with Gasteiger partial charge in [0.1, 0.15) is 6.26 Å². The van der Waals surface area contributed by atoms with Crippen LogP contribution < -0.4 is 10.6 Å². The zero-order valence-electron chi connectivity index (χ0n) is 11.1. The van der Waals surface area contributed by atoms with E-state index in [1.54, 1.807) is 6.07 Å². The predicted molar refractivity (Wildman–Crippen MR) is 70.6 cm³/mol. The number of furan rings is 1. The molecule has 2 atom stereocenters. The van der Waals surface area contributed by atoms with Gasteiger partial charge in [0.05, 0.1) is 18.4 Å². The van der Waals surface area contributed by atoms with E-state index >= 15 is 0 Å². The molecule has 0 radical (unpaired) electrons. The fourth-order valence-corrected chi connectivity index (χ4v) is 2.50. The summed E-state index contributed by atoms with van der Waals surface area (Å²) in [6.45, 7) is 2.22. The van der Waals surface area contributed by atoms with Crippen LogP contribution in [0.3, 0.4) is 0 Å². The third kappa shape index (κ3) is 4.12. The topological polar surface area (TPSA) is 71.3 Å². The molecule has 1 heterocycles. The van der Waals surface area contributed by atoms with Crippen LogP contribution in [0.5, 0.6) is 0 Å². The first kappa shape index (κ1) is 13.6. The molecular formula is C14H20N2O3. The van der Waals surface area contributed by atoms with Crippen LogP contribution in [-0.2, 0) is 4.79 Å². The Bertz CT molecular complexity index is 428. The summed E-state index contributed by atoms with van der Waals surface area (Å²) in [5, 5.41) is 5.55. The van der Waals surface area contributed by atoms with Crippen molar-refractivity contribution in [3.63, 3.8) is 0 Å². The molecule has 1 aliphatic carbocycles. The van der Waals surface area contributed by atoms with Gasteiger partial charge in [0.2, 0.25) is 5.91 Å². The van der Waals surface area contributed by atoms with Crippen LogP contribution in [0.2, 0.25) is 0 Å². The molecule has 1 saturated carbocycles. The largest absolute Gasteiger partial charge is 0.472 e. The maximum Gasteiger partial charge on any atom is 0.254 e. The summed E-state index contributed by atoms with van der Waals surface area (Å²) in [5.74, 6) is 0.247. The zero-order chi connectivity index (χ0) is 13.7. The van der Waals surface area contributed by atoms with E-state index in [2.05, 4.69) is 17.6 Å². The SMILES string of the molecule is C[C@H]1CCC[C@H](NC(=O)CNC(=O)c2ccoc2)C1. The molecule has 0 aliphatic heterocycles. The third-order valence-corrected chi connectivity index (χ3v) is 3.49. The molecule has 2 N–H and O–H groups in total. The van der Waals surface area contributed by atoms with Crippen LogP contribution in [-0.4, -0.2) is 24.4 Å². The Kier molecular flexibility index (Phi) is 4.60. The number of hydrogen-bond acceptors (Lipinski definition) is 3. The van der Waals surface area contributed by atoms with Crippen LogP contribution in [0.25, 0.3) is 0 Å². The number of carbonyl (C=O) groups is 2. The Balaban J connectivity index is 1.71. The van der Waals surface area contributed by atoms with E-state index in [9.17, 15) is 9.59 Å². The highest BCUT2D eigenvalue weighted by molar-refractivity contribution is 5.96. The van der Waals surface area contributed by atoms with Gasteiger partial charge in [0.25, 0.3) is 5.91 Å². The molecule has 0 bridgehead atoms. The van der Waals surface area contributed by atoms with Gasteiger partial charge in [-0.1, -0.05) is 19.8 Å². The first-order valence-corrected chi connectivity index (χ1v) is 6.75. The van der Waals surface area contributed by atoms with Crippen molar-refractivity contribution in [2.24, 2.45) is 5.92 Å². The van der Waals surface area contributed by atoms with E-state index in [4.69, 9.17) is 4.42 Å². The molecule has 1 aliphatic rings.